The van der Waals surface area contributed by atoms with Crippen LogP contribution in [0.2, 0.25) is 0 Å². The van der Waals surface area contributed by atoms with Crippen molar-refractivity contribution < 1.29 is 25.8 Å². The van der Waals surface area contributed by atoms with Crippen LogP contribution < -0.4 is 0 Å². The number of fused-ring (bicyclic) bond motifs is 3. The molecule has 0 spiro atoms. The Morgan fingerprint density at radius 2 is 0.903 bits per heavy atom. The van der Waals surface area contributed by atoms with E-state index in [0.29, 0.717) is 0 Å². The van der Waals surface area contributed by atoms with E-state index in [1.807, 2.05) is 0 Å². The van der Waals surface area contributed by atoms with Gasteiger partial charge in [0, 0.05) is 0 Å². The van der Waals surface area contributed by atoms with Crippen molar-refractivity contribution in [3.05, 3.63) is 29.7 Å². The van der Waals surface area contributed by atoms with Crippen LogP contribution in [0, 0.1) is 94.8 Å². The van der Waals surface area contributed by atoms with Crippen LogP contribution in [0.4, 0.5) is 0 Å². The van der Waals surface area contributed by atoms with E-state index < -0.39 is 0 Å². The van der Waals surface area contributed by atoms with E-state index in [1.54, 1.807) is 38.5 Å². The molecular formula is C30H60Hf. The van der Waals surface area contributed by atoms with Crippen LogP contribution in [0.25, 0.3) is 0 Å². The first-order chi connectivity index (χ1) is 12.3. The smallest absolute Gasteiger partial charge is 0.358 e. The molecule has 1 heteroatoms. The third-order valence-electron chi connectivity index (χ3n) is 10.3. The van der Waals surface area contributed by atoms with Crippen LogP contribution in [0.1, 0.15) is 99.8 Å². The number of hydrogen-bond donors (Lipinski definition) is 0. The summed E-state index contributed by atoms with van der Waals surface area (Å²) in [7, 11) is 0. The van der Waals surface area contributed by atoms with Gasteiger partial charge < -0.3 is 29.7 Å². The Morgan fingerprint density at radius 3 is 1.35 bits per heavy atom. The van der Waals surface area contributed by atoms with Gasteiger partial charge >= 0.3 is 25.8 Å². The first-order valence-electron chi connectivity index (χ1n) is 12.3. The SMILES string of the molecule is CC(C)C1CCC2C3CCCCC3CCC12.CC1C(C)C(C)C(C)C1C.[CH3-].[CH3-].[CH3-].[CH3-].[Hf+4]. The van der Waals surface area contributed by atoms with Gasteiger partial charge in [0.2, 0.25) is 0 Å². The molecule has 5 unspecified atom stereocenters. The largest absolute Gasteiger partial charge is 4.00 e. The summed E-state index contributed by atoms with van der Waals surface area (Å²) in [6.45, 7) is 16.9. The minimum atomic E-state index is 0. The van der Waals surface area contributed by atoms with Gasteiger partial charge in [-0.05, 0) is 97.2 Å². The van der Waals surface area contributed by atoms with E-state index in [0.717, 1.165) is 65.1 Å². The van der Waals surface area contributed by atoms with Crippen LogP contribution in [-0.4, -0.2) is 0 Å². The summed E-state index contributed by atoms with van der Waals surface area (Å²) in [5.41, 5.74) is 0. The Labute approximate surface area is 219 Å². The van der Waals surface area contributed by atoms with Crippen molar-refractivity contribution in [2.75, 3.05) is 0 Å². The van der Waals surface area contributed by atoms with Crippen LogP contribution >= 0.6 is 0 Å². The minimum absolute atomic E-state index is 0. The maximum Gasteiger partial charge on any atom is 4.00 e. The second-order valence-corrected chi connectivity index (χ2v) is 11.4. The van der Waals surface area contributed by atoms with Crippen molar-refractivity contribution in [1.82, 2.24) is 0 Å². The van der Waals surface area contributed by atoms with Gasteiger partial charge in [-0.3, -0.25) is 0 Å². The Bertz CT molecular complexity index is 399. The zero-order valence-electron chi connectivity index (χ0n) is 23.5. The van der Waals surface area contributed by atoms with Crippen molar-refractivity contribution in [2.24, 2.45) is 65.1 Å². The van der Waals surface area contributed by atoms with Crippen molar-refractivity contribution in [2.45, 2.75) is 99.8 Å². The normalized spacial score (nSPS) is 42.6. The van der Waals surface area contributed by atoms with Crippen molar-refractivity contribution >= 4 is 0 Å². The molecule has 4 fully saturated rings. The summed E-state index contributed by atoms with van der Waals surface area (Å²) >= 11 is 0. The first kappa shape index (κ1) is 36.4. The fourth-order valence-corrected chi connectivity index (χ4v) is 7.88. The molecule has 31 heavy (non-hydrogen) atoms. The molecule has 0 aromatic carbocycles. The predicted octanol–water partition coefficient (Wildman–Crippen LogP) is 9.86. The Balaban J connectivity index is -0.000000469. The fraction of sp³-hybridized carbons (Fsp3) is 0.867. The van der Waals surface area contributed by atoms with Crippen LogP contribution in [0.5, 0.6) is 0 Å². The second-order valence-electron chi connectivity index (χ2n) is 11.4. The van der Waals surface area contributed by atoms with Crippen molar-refractivity contribution in [3.8, 4) is 0 Å². The van der Waals surface area contributed by atoms with Gasteiger partial charge in [0.25, 0.3) is 0 Å². The van der Waals surface area contributed by atoms with E-state index in [2.05, 4.69) is 48.5 Å². The molecule has 4 rings (SSSR count). The van der Waals surface area contributed by atoms with Crippen LogP contribution in [0.3, 0.4) is 0 Å². The molecule has 0 aromatic heterocycles. The molecule has 0 bridgehead atoms. The topological polar surface area (TPSA) is 0 Å². The summed E-state index contributed by atoms with van der Waals surface area (Å²) in [6, 6.07) is 0. The molecule has 0 heterocycles. The van der Waals surface area contributed by atoms with Gasteiger partial charge in [-0.2, -0.15) is 0 Å². The van der Waals surface area contributed by atoms with E-state index in [9.17, 15) is 0 Å². The van der Waals surface area contributed by atoms with Gasteiger partial charge in [0.1, 0.15) is 0 Å². The molecule has 4 saturated carbocycles. The van der Waals surface area contributed by atoms with E-state index in [-0.39, 0.29) is 55.5 Å². The molecule has 4 aliphatic rings. The quantitative estimate of drug-likeness (QED) is 0.208. The third kappa shape index (κ3) is 7.68. The van der Waals surface area contributed by atoms with Crippen LogP contribution in [0.15, 0.2) is 0 Å². The van der Waals surface area contributed by atoms with Gasteiger partial charge in [-0.25, -0.2) is 0 Å². The Kier molecular flexibility index (Phi) is 18.5. The molecule has 0 radical (unpaired) electrons. The maximum absolute atomic E-state index is 2.46. The molecule has 0 aliphatic heterocycles. The first-order valence-corrected chi connectivity index (χ1v) is 12.3. The average Bonchev–Trinajstić information content (AvgIpc) is 3.16. The summed E-state index contributed by atoms with van der Waals surface area (Å²) in [5.74, 6) is 11.3. The molecule has 0 saturated heterocycles. The molecule has 184 valence electrons. The molecule has 4 aliphatic carbocycles. The fourth-order valence-electron chi connectivity index (χ4n) is 7.88. The van der Waals surface area contributed by atoms with Gasteiger partial charge in [0.15, 0.2) is 0 Å². The van der Waals surface area contributed by atoms with Gasteiger partial charge in [-0.15, -0.1) is 0 Å². The number of rotatable bonds is 1. The van der Waals surface area contributed by atoms with E-state index >= 15 is 0 Å². The van der Waals surface area contributed by atoms with Crippen molar-refractivity contribution in [1.29, 1.82) is 0 Å². The molecule has 0 aromatic rings. The summed E-state index contributed by atoms with van der Waals surface area (Å²) in [6.07, 6.45) is 12.5. The average molecular weight is 599 g/mol. The molecular weight excluding hydrogens is 539 g/mol. The van der Waals surface area contributed by atoms with E-state index in [4.69, 9.17) is 0 Å². The monoisotopic (exact) mass is 600 g/mol. The predicted molar refractivity (Wildman–Crippen MR) is 141 cm³/mol. The molecule has 0 N–H and O–H groups in total. The number of hydrogen-bond acceptors (Lipinski definition) is 0. The zero-order valence-corrected chi connectivity index (χ0v) is 27.1. The second kappa shape index (κ2) is 15.7. The summed E-state index contributed by atoms with van der Waals surface area (Å²) < 4.78 is 0. The summed E-state index contributed by atoms with van der Waals surface area (Å²) in [4.78, 5) is 0. The molecule has 0 nitrogen and oxygen atoms in total. The van der Waals surface area contributed by atoms with Crippen LogP contribution in [-0.2, 0) is 25.8 Å². The van der Waals surface area contributed by atoms with Crippen molar-refractivity contribution in [3.63, 3.8) is 0 Å². The van der Waals surface area contributed by atoms with Gasteiger partial charge in [0.05, 0.1) is 0 Å². The summed E-state index contributed by atoms with van der Waals surface area (Å²) in [5, 5.41) is 0. The third-order valence-corrected chi connectivity index (χ3v) is 10.3. The van der Waals surface area contributed by atoms with E-state index in [1.165, 1.54) is 12.8 Å². The van der Waals surface area contributed by atoms with Gasteiger partial charge in [-0.1, -0.05) is 67.7 Å². The standard InChI is InChI=1S/C16H28.C10H20.4CH3.Hf/c1-11(2)13-9-10-16-14-6-4-3-5-12(14)7-8-15(13)16;1-6-7(2)9(4)10(5)8(6)3;;;;;/h11-16H,3-10H2,1-2H3;6-10H,1-5H3;4*1H3;/q;;4*-1;+4. The molecule has 5 atom stereocenters. The zero-order chi connectivity index (χ0) is 19.0. The molecule has 0 amide bonds. The Hall–Kier alpha value is 0.870. The maximum atomic E-state index is 2.46. The Morgan fingerprint density at radius 1 is 0.484 bits per heavy atom. The minimum Gasteiger partial charge on any atom is -0.358 e.